The van der Waals surface area contributed by atoms with Gasteiger partial charge in [-0.15, -0.1) is 0 Å². The molecular formula is C12H14BrF4N. The van der Waals surface area contributed by atoms with Gasteiger partial charge in [0.2, 0.25) is 0 Å². The summed E-state index contributed by atoms with van der Waals surface area (Å²) in [5.74, 6) is -0.509. The molecular weight excluding hydrogens is 314 g/mol. The molecule has 0 radical (unpaired) electrons. The average Bonchev–Trinajstić information content (AvgIpc) is 2.27. The maximum atomic E-state index is 13.8. The molecule has 0 aliphatic rings. The van der Waals surface area contributed by atoms with Gasteiger partial charge in [0.05, 0.1) is 4.47 Å². The SMILES string of the molecule is CCNC(CCC(F)(F)F)c1cccc(Br)c1F. The predicted octanol–water partition coefficient (Wildman–Crippen LogP) is 4.58. The zero-order chi connectivity index (χ0) is 13.8. The highest BCUT2D eigenvalue weighted by Crippen LogP contribution is 2.30. The summed E-state index contributed by atoms with van der Waals surface area (Å²) in [4.78, 5) is 0. The summed E-state index contributed by atoms with van der Waals surface area (Å²) in [6, 6.07) is 4.00. The maximum Gasteiger partial charge on any atom is 0.389 e. The van der Waals surface area contributed by atoms with Crippen LogP contribution in [0.15, 0.2) is 22.7 Å². The van der Waals surface area contributed by atoms with Crippen LogP contribution in [0.25, 0.3) is 0 Å². The fourth-order valence-electron chi connectivity index (χ4n) is 1.71. The smallest absolute Gasteiger partial charge is 0.310 e. The van der Waals surface area contributed by atoms with Gasteiger partial charge in [-0.1, -0.05) is 19.1 Å². The Bertz CT molecular complexity index is 392. The van der Waals surface area contributed by atoms with Gasteiger partial charge in [0, 0.05) is 18.0 Å². The molecule has 0 aliphatic carbocycles. The number of nitrogens with one attached hydrogen (secondary N) is 1. The quantitative estimate of drug-likeness (QED) is 0.780. The molecule has 1 unspecified atom stereocenters. The van der Waals surface area contributed by atoms with Crippen molar-refractivity contribution in [2.24, 2.45) is 0 Å². The summed E-state index contributed by atoms with van der Waals surface area (Å²) < 4.78 is 50.7. The first-order chi connectivity index (χ1) is 8.35. The van der Waals surface area contributed by atoms with E-state index in [2.05, 4.69) is 21.2 Å². The van der Waals surface area contributed by atoms with Crippen molar-refractivity contribution in [2.45, 2.75) is 32.0 Å². The third kappa shape index (κ3) is 4.57. The van der Waals surface area contributed by atoms with Gasteiger partial charge in [-0.25, -0.2) is 4.39 Å². The van der Waals surface area contributed by atoms with Gasteiger partial charge in [-0.2, -0.15) is 13.2 Å². The Morgan fingerprint density at radius 2 is 2.00 bits per heavy atom. The van der Waals surface area contributed by atoms with E-state index >= 15 is 0 Å². The van der Waals surface area contributed by atoms with Crippen LogP contribution in [0.1, 0.15) is 31.4 Å². The van der Waals surface area contributed by atoms with Gasteiger partial charge in [-0.3, -0.25) is 0 Å². The average molecular weight is 328 g/mol. The lowest BCUT2D eigenvalue weighted by Crippen LogP contribution is -2.24. The lowest BCUT2D eigenvalue weighted by molar-refractivity contribution is -0.136. The van der Waals surface area contributed by atoms with E-state index in [9.17, 15) is 17.6 Å². The molecule has 1 nitrogen and oxygen atoms in total. The molecule has 102 valence electrons. The van der Waals surface area contributed by atoms with Gasteiger partial charge >= 0.3 is 6.18 Å². The molecule has 6 heteroatoms. The molecule has 0 bridgehead atoms. The Morgan fingerprint density at radius 3 is 2.56 bits per heavy atom. The Kier molecular flexibility index (Phi) is 5.59. The van der Waals surface area contributed by atoms with Crippen LogP contribution in [0, 0.1) is 5.82 Å². The second-order valence-electron chi connectivity index (χ2n) is 3.91. The molecule has 1 aromatic rings. The lowest BCUT2D eigenvalue weighted by Gasteiger charge is -2.20. The Morgan fingerprint density at radius 1 is 1.33 bits per heavy atom. The Balaban J connectivity index is 2.87. The molecule has 1 rings (SSSR count). The molecule has 1 atom stereocenters. The molecule has 1 N–H and O–H groups in total. The molecule has 0 saturated carbocycles. The first kappa shape index (κ1) is 15.4. The van der Waals surface area contributed by atoms with Crippen LogP contribution in [-0.2, 0) is 0 Å². The summed E-state index contributed by atoms with van der Waals surface area (Å²) in [6.07, 6.45) is -5.34. The normalized spacial score (nSPS) is 13.7. The standard InChI is InChI=1S/C12H14BrF4N/c1-2-18-10(6-7-12(15,16)17)8-4-3-5-9(13)11(8)14/h3-5,10,18H,2,6-7H2,1H3. The number of benzene rings is 1. The summed E-state index contributed by atoms with van der Waals surface area (Å²) in [6.45, 7) is 2.25. The number of rotatable bonds is 5. The molecule has 0 spiro atoms. The number of halogens is 5. The highest BCUT2D eigenvalue weighted by molar-refractivity contribution is 9.10. The maximum absolute atomic E-state index is 13.8. The Hall–Kier alpha value is -0.620. The second-order valence-corrected chi connectivity index (χ2v) is 4.76. The second kappa shape index (κ2) is 6.52. The van der Waals surface area contributed by atoms with Crippen molar-refractivity contribution < 1.29 is 17.6 Å². The third-order valence-corrected chi connectivity index (χ3v) is 3.14. The molecule has 0 aromatic heterocycles. The fourth-order valence-corrected chi connectivity index (χ4v) is 2.09. The van der Waals surface area contributed by atoms with E-state index in [4.69, 9.17) is 0 Å². The van der Waals surface area contributed by atoms with E-state index in [1.54, 1.807) is 13.0 Å². The molecule has 0 heterocycles. The number of hydrogen-bond donors (Lipinski definition) is 1. The molecule has 0 amide bonds. The minimum absolute atomic E-state index is 0.176. The van der Waals surface area contributed by atoms with Gasteiger partial charge in [0.1, 0.15) is 5.82 Å². The van der Waals surface area contributed by atoms with E-state index in [0.717, 1.165) is 0 Å². The minimum Gasteiger partial charge on any atom is -0.310 e. The van der Waals surface area contributed by atoms with Gasteiger partial charge in [0.25, 0.3) is 0 Å². The van der Waals surface area contributed by atoms with Gasteiger partial charge < -0.3 is 5.32 Å². The fraction of sp³-hybridized carbons (Fsp3) is 0.500. The molecule has 0 saturated heterocycles. The van der Waals surface area contributed by atoms with Crippen LogP contribution in [0.2, 0.25) is 0 Å². The highest BCUT2D eigenvalue weighted by atomic mass is 79.9. The van der Waals surface area contributed by atoms with Crippen LogP contribution in [-0.4, -0.2) is 12.7 Å². The van der Waals surface area contributed by atoms with Crippen molar-refractivity contribution in [2.75, 3.05) is 6.54 Å². The van der Waals surface area contributed by atoms with E-state index < -0.39 is 24.5 Å². The van der Waals surface area contributed by atoms with Crippen molar-refractivity contribution in [1.82, 2.24) is 5.32 Å². The monoisotopic (exact) mass is 327 g/mol. The Labute approximate surface area is 112 Å². The lowest BCUT2D eigenvalue weighted by atomic mass is 10.0. The minimum atomic E-state index is -4.23. The van der Waals surface area contributed by atoms with Crippen molar-refractivity contribution in [3.63, 3.8) is 0 Å². The zero-order valence-corrected chi connectivity index (χ0v) is 11.4. The van der Waals surface area contributed by atoms with E-state index in [-0.39, 0.29) is 16.5 Å². The zero-order valence-electron chi connectivity index (χ0n) is 9.82. The third-order valence-electron chi connectivity index (χ3n) is 2.52. The van der Waals surface area contributed by atoms with Crippen LogP contribution in [0.5, 0.6) is 0 Å². The summed E-state index contributed by atoms with van der Waals surface area (Å²) >= 11 is 3.03. The van der Waals surface area contributed by atoms with Crippen molar-refractivity contribution in [3.05, 3.63) is 34.1 Å². The van der Waals surface area contributed by atoms with E-state index in [1.807, 2.05) is 0 Å². The van der Waals surface area contributed by atoms with Crippen LogP contribution in [0.4, 0.5) is 17.6 Å². The molecule has 0 aliphatic heterocycles. The first-order valence-corrected chi connectivity index (χ1v) is 6.38. The van der Waals surface area contributed by atoms with Crippen LogP contribution in [0.3, 0.4) is 0 Å². The number of alkyl halides is 3. The van der Waals surface area contributed by atoms with Crippen molar-refractivity contribution >= 4 is 15.9 Å². The molecule has 1 aromatic carbocycles. The van der Waals surface area contributed by atoms with E-state index in [1.165, 1.54) is 12.1 Å². The molecule has 18 heavy (non-hydrogen) atoms. The van der Waals surface area contributed by atoms with Crippen LogP contribution < -0.4 is 5.32 Å². The summed E-state index contributed by atoms with van der Waals surface area (Å²) in [5, 5.41) is 2.88. The summed E-state index contributed by atoms with van der Waals surface area (Å²) in [5.41, 5.74) is 0.260. The topological polar surface area (TPSA) is 12.0 Å². The number of hydrogen-bond acceptors (Lipinski definition) is 1. The highest BCUT2D eigenvalue weighted by Gasteiger charge is 2.29. The van der Waals surface area contributed by atoms with Crippen molar-refractivity contribution in [3.8, 4) is 0 Å². The van der Waals surface area contributed by atoms with Gasteiger partial charge in [0.15, 0.2) is 0 Å². The predicted molar refractivity (Wildman–Crippen MR) is 65.8 cm³/mol. The van der Waals surface area contributed by atoms with Crippen LogP contribution >= 0.6 is 15.9 Å². The first-order valence-electron chi connectivity index (χ1n) is 5.59. The van der Waals surface area contributed by atoms with E-state index in [0.29, 0.717) is 6.54 Å². The largest absolute Gasteiger partial charge is 0.389 e. The summed E-state index contributed by atoms with van der Waals surface area (Å²) in [7, 11) is 0. The molecule has 0 fully saturated rings. The van der Waals surface area contributed by atoms with Gasteiger partial charge in [-0.05, 0) is 35.0 Å². The van der Waals surface area contributed by atoms with Crippen molar-refractivity contribution in [1.29, 1.82) is 0 Å².